The Morgan fingerprint density at radius 3 is 1.94 bits per heavy atom. The van der Waals surface area contributed by atoms with Crippen molar-refractivity contribution in [1.82, 2.24) is 10.2 Å². The van der Waals surface area contributed by atoms with E-state index in [-0.39, 0.29) is 23.0 Å². The summed E-state index contributed by atoms with van der Waals surface area (Å²) in [4.78, 5) is 26.7. The van der Waals surface area contributed by atoms with E-state index in [4.69, 9.17) is 0 Å². The molecule has 1 aliphatic heterocycles. The van der Waals surface area contributed by atoms with Gasteiger partial charge in [0.05, 0.1) is 6.04 Å². The minimum atomic E-state index is -3.04. The quantitative estimate of drug-likeness (QED) is 0.467. The predicted octanol–water partition coefficient (Wildman–Crippen LogP) is 3.69. The van der Waals surface area contributed by atoms with Crippen molar-refractivity contribution in [2.75, 3.05) is 6.54 Å². The molecule has 0 unspecified atom stereocenters. The van der Waals surface area contributed by atoms with E-state index in [9.17, 15) is 9.59 Å². The number of hydrogen-bond donors (Lipinski definition) is 2. The lowest BCUT2D eigenvalue weighted by Gasteiger charge is -2.50. The highest BCUT2D eigenvalue weighted by Gasteiger charge is 2.51. The normalized spacial score (nSPS) is 18.8. The zero-order chi connectivity index (χ0) is 24.2. The minimum Gasteiger partial charge on any atom is -0.424 e. The monoisotopic (exact) mass is 472 g/mol. The molecule has 4 rings (SSSR count). The summed E-state index contributed by atoms with van der Waals surface area (Å²) in [6.07, 6.45) is 1.78. The molecule has 178 valence electrons. The Bertz CT molecular complexity index is 1030. The number of nitrogens with zero attached hydrogens (tertiary/aromatic N) is 1. The van der Waals surface area contributed by atoms with E-state index in [1.807, 2.05) is 42.5 Å². The summed E-state index contributed by atoms with van der Waals surface area (Å²) < 4.78 is 0. The van der Waals surface area contributed by atoms with Gasteiger partial charge in [0.25, 0.3) is 8.32 Å². The lowest BCUT2D eigenvalue weighted by molar-refractivity contribution is -0.122. The number of carbonyl (C=O) groups excluding carboxylic acids is 1. The van der Waals surface area contributed by atoms with Crippen LogP contribution >= 0.6 is 0 Å². The fourth-order valence-corrected chi connectivity index (χ4v) is 9.16. The number of carbonyl (C=O) groups is 1. The van der Waals surface area contributed by atoms with Gasteiger partial charge in [-0.25, -0.2) is 0 Å². The molecule has 0 radical (unpaired) electrons. The second kappa shape index (κ2) is 10.3. The van der Waals surface area contributed by atoms with E-state index in [2.05, 4.69) is 72.6 Å². The van der Waals surface area contributed by atoms with Gasteiger partial charge in [0, 0.05) is 26.1 Å². The van der Waals surface area contributed by atoms with Crippen molar-refractivity contribution >= 4 is 24.6 Å². The molecule has 0 aromatic heterocycles. The predicted molar refractivity (Wildman–Crippen MR) is 142 cm³/mol. The van der Waals surface area contributed by atoms with Gasteiger partial charge in [0.15, 0.2) is 0 Å². The number of likely N-dealkylation sites (tertiary alicyclic amines) is 1. The summed E-state index contributed by atoms with van der Waals surface area (Å²) in [5.41, 5.74) is 1.28. The highest BCUT2D eigenvalue weighted by atomic mass is 28.4. The van der Waals surface area contributed by atoms with E-state index >= 15 is 0 Å². The summed E-state index contributed by atoms with van der Waals surface area (Å²) in [7, 11) is -3.04. The second-order valence-electron chi connectivity index (χ2n) is 10.2. The van der Waals surface area contributed by atoms with Gasteiger partial charge in [-0.15, -0.1) is 0 Å². The molecule has 0 spiro atoms. The van der Waals surface area contributed by atoms with Crippen LogP contribution in [-0.2, 0) is 11.3 Å². The lowest BCUT2D eigenvalue weighted by Crippen LogP contribution is -2.67. The summed E-state index contributed by atoms with van der Waals surface area (Å²) in [5, 5.41) is 4.93. The first-order valence-corrected chi connectivity index (χ1v) is 14.1. The summed E-state index contributed by atoms with van der Waals surface area (Å²) in [6, 6.07) is 31.3. The van der Waals surface area contributed by atoms with E-state index < -0.39 is 8.32 Å². The van der Waals surface area contributed by atoms with Gasteiger partial charge in [0.2, 0.25) is 5.91 Å². The van der Waals surface area contributed by atoms with Crippen molar-refractivity contribution < 1.29 is 9.59 Å². The van der Waals surface area contributed by atoms with Crippen molar-refractivity contribution in [3.63, 3.8) is 0 Å². The largest absolute Gasteiger partial charge is 0.424 e. The van der Waals surface area contributed by atoms with Crippen LogP contribution in [0.3, 0.4) is 0 Å². The van der Waals surface area contributed by atoms with E-state index in [0.29, 0.717) is 0 Å². The topological polar surface area (TPSA) is 52.6 Å². The van der Waals surface area contributed by atoms with Crippen molar-refractivity contribution in [2.24, 2.45) is 0 Å². The number of benzene rings is 3. The van der Waals surface area contributed by atoms with Gasteiger partial charge in [0.1, 0.15) is 0 Å². The fraction of sp³-hybridized carbons (Fsp3) is 0.345. The van der Waals surface area contributed by atoms with Crippen LogP contribution in [0.15, 0.2) is 91.0 Å². The van der Waals surface area contributed by atoms with Crippen LogP contribution in [0.2, 0.25) is 5.04 Å². The van der Waals surface area contributed by atoms with Crippen molar-refractivity contribution in [3.05, 3.63) is 96.6 Å². The molecule has 5 heteroatoms. The molecule has 1 fully saturated rings. The molecule has 3 aromatic carbocycles. The van der Waals surface area contributed by atoms with Gasteiger partial charge >= 0.3 is 0 Å². The van der Waals surface area contributed by atoms with Crippen LogP contribution in [0, 0.1) is 0 Å². The maximum atomic E-state index is 12.5. The maximum absolute atomic E-state index is 12.5. The molecule has 0 saturated carbocycles. The Balaban J connectivity index is 1.57. The van der Waals surface area contributed by atoms with Crippen molar-refractivity contribution in [2.45, 2.75) is 57.3 Å². The number of hydrogen-bond acceptors (Lipinski definition) is 3. The first-order valence-electron chi connectivity index (χ1n) is 12.2. The Kier molecular flexibility index (Phi) is 7.36. The number of nitrogens with one attached hydrogen (secondary N) is 1. The molecule has 0 bridgehead atoms. The second-order valence-corrected chi connectivity index (χ2v) is 14.1. The van der Waals surface area contributed by atoms with Gasteiger partial charge in [-0.2, -0.15) is 0 Å². The highest BCUT2D eigenvalue weighted by molar-refractivity contribution is 6.98. The van der Waals surface area contributed by atoms with Crippen molar-refractivity contribution in [3.8, 4) is 0 Å². The minimum absolute atomic E-state index is 0.0214. The van der Waals surface area contributed by atoms with Crippen LogP contribution < -0.4 is 15.7 Å². The Hall–Kier alpha value is -2.73. The van der Waals surface area contributed by atoms with Crippen LogP contribution in [0.1, 0.15) is 39.2 Å². The zero-order valence-electron chi connectivity index (χ0n) is 20.4. The molecule has 3 aromatic rings. The third kappa shape index (κ3) is 5.02. The third-order valence-electron chi connectivity index (χ3n) is 7.41. The number of amides is 1. The summed E-state index contributed by atoms with van der Waals surface area (Å²) in [5.74, 6) is 0.0214. The molecule has 1 amide bonds. The standard InChI is InChI=1S/C29H36N2O2Si/c1-23(32)30-27-22-31(21-24-13-7-4-8-14-24)28(27)19-20-29(2,3)34(33,25-15-9-5-10-16-25)26-17-11-6-12-18-26/h4-18,27-28,33H,19-22H2,1-3H3,(H,30,32)/t27-,28-/m1/s1. The zero-order valence-corrected chi connectivity index (χ0v) is 21.4. The lowest BCUT2D eigenvalue weighted by atomic mass is 9.88. The average molecular weight is 473 g/mol. The number of rotatable bonds is 9. The molecular weight excluding hydrogens is 436 g/mol. The SMILES string of the molecule is CC(=O)N[C@@H]1CN(Cc2ccccc2)[C@@H]1CCC(C)(C)[Si](O)(c1ccccc1)c1ccccc1. The van der Waals surface area contributed by atoms with Crippen LogP contribution in [-0.4, -0.2) is 42.5 Å². The van der Waals surface area contributed by atoms with Gasteiger partial charge < -0.3 is 10.1 Å². The highest BCUT2D eigenvalue weighted by Crippen LogP contribution is 2.42. The first kappa shape index (κ1) is 24.4. The molecule has 1 heterocycles. The van der Waals surface area contributed by atoms with Gasteiger partial charge in [-0.1, -0.05) is 105 Å². The Labute approximate surface area is 204 Å². The summed E-state index contributed by atoms with van der Waals surface area (Å²) >= 11 is 0. The van der Waals surface area contributed by atoms with Crippen LogP contribution in [0.4, 0.5) is 0 Å². The Morgan fingerprint density at radius 1 is 0.941 bits per heavy atom. The third-order valence-corrected chi connectivity index (χ3v) is 12.0. The fourth-order valence-electron chi connectivity index (χ4n) is 5.41. The first-order chi connectivity index (χ1) is 16.3. The maximum Gasteiger partial charge on any atom is 0.258 e. The molecule has 2 atom stereocenters. The molecular formula is C29H36N2O2Si. The van der Waals surface area contributed by atoms with Gasteiger partial charge in [-0.3, -0.25) is 9.69 Å². The van der Waals surface area contributed by atoms with Gasteiger partial charge in [-0.05, 0) is 33.8 Å². The molecule has 34 heavy (non-hydrogen) atoms. The molecule has 1 saturated heterocycles. The summed E-state index contributed by atoms with van der Waals surface area (Å²) in [6.45, 7) is 7.76. The smallest absolute Gasteiger partial charge is 0.258 e. The van der Waals surface area contributed by atoms with Crippen LogP contribution in [0.5, 0.6) is 0 Å². The van der Waals surface area contributed by atoms with Crippen LogP contribution in [0.25, 0.3) is 0 Å². The van der Waals surface area contributed by atoms with Crippen molar-refractivity contribution in [1.29, 1.82) is 0 Å². The molecule has 2 N–H and O–H groups in total. The molecule has 0 aliphatic carbocycles. The molecule has 4 nitrogen and oxygen atoms in total. The Morgan fingerprint density at radius 2 is 1.44 bits per heavy atom. The average Bonchev–Trinajstić information content (AvgIpc) is 2.84. The van der Waals surface area contributed by atoms with E-state index in [1.54, 1.807) is 6.92 Å². The van der Waals surface area contributed by atoms with E-state index in [0.717, 1.165) is 36.3 Å². The molecule has 1 aliphatic rings. The van der Waals surface area contributed by atoms with E-state index in [1.165, 1.54) is 5.56 Å².